The second kappa shape index (κ2) is 9.59. The molecule has 2 fully saturated rings. The van der Waals surface area contributed by atoms with Crippen molar-refractivity contribution in [2.24, 2.45) is 10.3 Å². The highest BCUT2D eigenvalue weighted by molar-refractivity contribution is 7.90. The smallest absolute Gasteiger partial charge is 0.453 e. The molecule has 13 heteroatoms. The first-order chi connectivity index (χ1) is 17.2. The third-order valence-electron chi connectivity index (χ3n) is 7.53. The van der Waals surface area contributed by atoms with E-state index in [-0.39, 0.29) is 22.6 Å². The summed E-state index contributed by atoms with van der Waals surface area (Å²) in [6.45, 7) is 11.8. The van der Waals surface area contributed by atoms with E-state index < -0.39 is 46.5 Å². The zero-order valence-corrected chi connectivity index (χ0v) is 23.1. The van der Waals surface area contributed by atoms with Crippen molar-refractivity contribution in [1.82, 2.24) is 10.2 Å². The van der Waals surface area contributed by atoms with Gasteiger partial charge in [-0.2, -0.15) is 8.42 Å². The monoisotopic (exact) mass is 534 g/mol. The fourth-order valence-corrected chi connectivity index (χ4v) is 5.86. The van der Waals surface area contributed by atoms with E-state index in [2.05, 4.69) is 19.8 Å². The van der Waals surface area contributed by atoms with Gasteiger partial charge in [-0.1, -0.05) is 19.9 Å². The number of methoxy groups -OCH3 is 1. The zero-order valence-electron chi connectivity index (χ0n) is 22.3. The van der Waals surface area contributed by atoms with Gasteiger partial charge in [0.25, 0.3) is 10.0 Å². The van der Waals surface area contributed by atoms with Crippen LogP contribution >= 0.6 is 0 Å². The van der Waals surface area contributed by atoms with E-state index in [1.165, 1.54) is 13.2 Å². The van der Waals surface area contributed by atoms with Crippen LogP contribution in [0.15, 0.2) is 27.5 Å². The molecule has 202 valence electrons. The first kappa shape index (κ1) is 27.4. The molecule has 0 aromatic heterocycles. The maximum Gasteiger partial charge on any atom is 0.494 e. The number of nitrogens with zero attached hydrogens (tertiary/aromatic N) is 2. The Bertz CT molecular complexity index is 1220. The van der Waals surface area contributed by atoms with E-state index in [0.717, 1.165) is 0 Å². The summed E-state index contributed by atoms with van der Waals surface area (Å²) in [5.41, 5.74) is -0.179. The number of carbonyl (C=O) groups excluding carboxylic acids is 2. The van der Waals surface area contributed by atoms with Crippen LogP contribution in [-0.2, 0) is 28.9 Å². The van der Waals surface area contributed by atoms with E-state index in [1.54, 1.807) is 17.0 Å². The Morgan fingerprint density at radius 3 is 2.46 bits per heavy atom. The van der Waals surface area contributed by atoms with E-state index in [1.807, 2.05) is 41.5 Å². The molecule has 0 radical (unpaired) electrons. The van der Waals surface area contributed by atoms with Gasteiger partial charge >= 0.3 is 13.2 Å². The summed E-state index contributed by atoms with van der Waals surface area (Å²) < 4.78 is 47.4. The van der Waals surface area contributed by atoms with Gasteiger partial charge in [-0.3, -0.25) is 4.79 Å². The van der Waals surface area contributed by atoms with Gasteiger partial charge in [0.05, 0.1) is 30.0 Å². The molecular formula is C24H35BN4O7S. The molecule has 1 aromatic rings. The Morgan fingerprint density at radius 1 is 1.22 bits per heavy atom. The van der Waals surface area contributed by atoms with E-state index in [9.17, 15) is 18.0 Å². The number of hydrogen-bond acceptors (Lipinski definition) is 8. The number of sulfonamides is 1. The predicted octanol–water partition coefficient (Wildman–Crippen LogP) is 1.87. The summed E-state index contributed by atoms with van der Waals surface area (Å²) in [5, 5.41) is 5.72. The average Bonchev–Trinajstić information content (AvgIpc) is 3.38. The summed E-state index contributed by atoms with van der Waals surface area (Å²) in [6, 6.07) is 3.56. The molecule has 0 aliphatic carbocycles. The fraction of sp³-hybridized carbons (Fsp3) is 0.625. The lowest BCUT2D eigenvalue weighted by atomic mass is 9.79. The number of amidine groups is 1. The predicted molar refractivity (Wildman–Crippen MR) is 139 cm³/mol. The Balaban J connectivity index is 1.59. The molecule has 0 saturated carbocycles. The number of hydrogen-bond donors (Lipinski definition) is 2. The van der Waals surface area contributed by atoms with Gasteiger partial charge in [0.1, 0.15) is 16.8 Å². The minimum absolute atomic E-state index is 0.0201. The number of fused-ring (bicyclic) bond motifs is 1. The highest BCUT2D eigenvalue weighted by Gasteiger charge is 2.52. The normalized spacial score (nSPS) is 24.2. The maximum absolute atomic E-state index is 13.4. The average molecular weight is 534 g/mol. The van der Waals surface area contributed by atoms with Gasteiger partial charge < -0.3 is 29.6 Å². The molecule has 2 amide bonds. The first-order valence-electron chi connectivity index (χ1n) is 12.4. The lowest BCUT2D eigenvalue weighted by Crippen LogP contribution is -2.54. The number of ether oxygens (including phenoxy) is 1. The Hall–Kier alpha value is -2.64. The second-order valence-corrected chi connectivity index (χ2v) is 12.5. The number of carbonyl (C=O) groups is 2. The standard InChI is InChI=1S/C24H35BN4O7S/c1-14(2)19(27-22(31)34-7)21(30)29-12-8-9-17(29)20-26-16-11-10-15(13-18(16)37(32,33)28-20)25-35-23(3,4)24(5,6)36-25/h10-11,13-14,17,19H,8-9,12H2,1-7H3,(H,26,28)(H,27,31). The SMILES string of the molecule is COC(=O)NC(C(=O)N1CCCC1C1=NS(=O)(=O)c2cc(B3OC(C)(C)C(C)(C)O3)ccc2N1)C(C)C. The molecule has 2 unspecified atom stereocenters. The first-order valence-corrected chi connectivity index (χ1v) is 13.9. The maximum atomic E-state index is 13.4. The molecule has 11 nitrogen and oxygen atoms in total. The summed E-state index contributed by atoms with van der Waals surface area (Å²) in [5.74, 6) is -0.332. The van der Waals surface area contributed by atoms with E-state index in [0.29, 0.717) is 30.5 Å². The van der Waals surface area contributed by atoms with Crippen LogP contribution in [-0.4, -0.2) is 75.2 Å². The minimum atomic E-state index is -4.06. The third kappa shape index (κ3) is 5.08. The summed E-state index contributed by atoms with van der Waals surface area (Å²) >= 11 is 0. The van der Waals surface area contributed by atoms with E-state index >= 15 is 0 Å². The number of rotatable bonds is 5. The highest BCUT2D eigenvalue weighted by atomic mass is 32.2. The molecule has 2 atom stereocenters. The summed E-state index contributed by atoms with van der Waals surface area (Å²) in [7, 11) is -3.54. The van der Waals surface area contributed by atoms with Crippen LogP contribution in [0.2, 0.25) is 0 Å². The van der Waals surface area contributed by atoms with Gasteiger partial charge in [0.15, 0.2) is 0 Å². The van der Waals surface area contributed by atoms with Crippen LogP contribution in [0, 0.1) is 5.92 Å². The number of benzene rings is 1. The quantitative estimate of drug-likeness (QED) is 0.547. The topological polar surface area (TPSA) is 136 Å². The lowest BCUT2D eigenvalue weighted by molar-refractivity contribution is -0.134. The second-order valence-electron chi connectivity index (χ2n) is 11.0. The van der Waals surface area contributed by atoms with Gasteiger partial charge in [-0.05, 0) is 64.1 Å². The number of likely N-dealkylation sites (tertiary alicyclic amines) is 1. The molecule has 3 aliphatic rings. The Morgan fingerprint density at radius 2 is 1.86 bits per heavy atom. The van der Waals surface area contributed by atoms with Gasteiger partial charge in [0, 0.05) is 6.54 Å². The number of nitrogens with one attached hydrogen (secondary N) is 2. The van der Waals surface area contributed by atoms with Crippen LogP contribution in [0.5, 0.6) is 0 Å². The molecular weight excluding hydrogens is 499 g/mol. The van der Waals surface area contributed by atoms with Crippen molar-refractivity contribution in [1.29, 1.82) is 0 Å². The van der Waals surface area contributed by atoms with Crippen molar-refractivity contribution < 1.29 is 32.1 Å². The van der Waals surface area contributed by atoms with E-state index in [4.69, 9.17) is 9.31 Å². The molecule has 4 rings (SSSR count). The zero-order chi connectivity index (χ0) is 27.3. The molecule has 3 aliphatic heterocycles. The van der Waals surface area contributed by atoms with Crippen molar-refractivity contribution in [3.63, 3.8) is 0 Å². The lowest BCUT2D eigenvalue weighted by Gasteiger charge is -2.32. The number of amides is 2. The molecule has 37 heavy (non-hydrogen) atoms. The highest BCUT2D eigenvalue weighted by Crippen LogP contribution is 2.37. The van der Waals surface area contributed by atoms with Crippen LogP contribution in [0.25, 0.3) is 0 Å². The Kier molecular flexibility index (Phi) is 7.10. The minimum Gasteiger partial charge on any atom is -0.453 e. The molecule has 0 bridgehead atoms. The van der Waals surface area contributed by atoms with Crippen LogP contribution in [0.1, 0.15) is 54.4 Å². The number of alkyl carbamates (subject to hydrolysis) is 1. The molecule has 1 aromatic carbocycles. The largest absolute Gasteiger partial charge is 0.494 e. The molecule has 3 heterocycles. The fourth-order valence-electron chi connectivity index (χ4n) is 4.66. The molecule has 0 spiro atoms. The van der Waals surface area contributed by atoms with Crippen molar-refractivity contribution in [2.75, 3.05) is 19.0 Å². The van der Waals surface area contributed by atoms with Gasteiger partial charge in [0.2, 0.25) is 5.91 Å². The van der Waals surface area contributed by atoms with Crippen LogP contribution in [0.3, 0.4) is 0 Å². The number of anilines is 1. The van der Waals surface area contributed by atoms with Crippen molar-refractivity contribution >= 4 is 46.1 Å². The van der Waals surface area contributed by atoms with Gasteiger partial charge in [-0.15, -0.1) is 4.40 Å². The van der Waals surface area contributed by atoms with Crippen molar-refractivity contribution in [3.8, 4) is 0 Å². The van der Waals surface area contributed by atoms with Crippen molar-refractivity contribution in [3.05, 3.63) is 18.2 Å². The van der Waals surface area contributed by atoms with Crippen LogP contribution < -0.4 is 16.1 Å². The van der Waals surface area contributed by atoms with Crippen molar-refractivity contribution in [2.45, 2.75) is 82.6 Å². The Labute approximate surface area is 218 Å². The third-order valence-corrected chi connectivity index (χ3v) is 8.86. The molecule has 2 saturated heterocycles. The summed E-state index contributed by atoms with van der Waals surface area (Å²) in [6.07, 6.45) is 0.510. The summed E-state index contributed by atoms with van der Waals surface area (Å²) in [4.78, 5) is 26.8. The van der Waals surface area contributed by atoms with Gasteiger partial charge in [-0.25, -0.2) is 4.79 Å². The molecule has 2 N–H and O–H groups in total. The van der Waals surface area contributed by atoms with Crippen LogP contribution in [0.4, 0.5) is 10.5 Å².